The standard InChI is InChI=1S/C9H12N4O3/c1-3-4-5-16-8-7(13(14)15)6(2)11-9(10)12-8/h3-4H,5H2,1-2H3,(H2,10,11,12)/b4-3+. The molecule has 7 nitrogen and oxygen atoms in total. The van der Waals surface area contributed by atoms with E-state index >= 15 is 0 Å². The van der Waals surface area contributed by atoms with Crippen LogP contribution in [0.25, 0.3) is 0 Å². The summed E-state index contributed by atoms with van der Waals surface area (Å²) in [5.74, 6) is -0.147. The van der Waals surface area contributed by atoms with E-state index in [1.807, 2.05) is 6.92 Å². The predicted molar refractivity (Wildman–Crippen MR) is 58.1 cm³/mol. The second kappa shape index (κ2) is 5.06. The zero-order valence-corrected chi connectivity index (χ0v) is 9.01. The van der Waals surface area contributed by atoms with Crippen molar-refractivity contribution in [2.24, 2.45) is 0 Å². The fourth-order valence-electron chi connectivity index (χ4n) is 1.10. The van der Waals surface area contributed by atoms with Crippen molar-refractivity contribution >= 4 is 11.6 Å². The normalized spacial score (nSPS) is 10.6. The number of aromatic nitrogens is 2. The zero-order valence-electron chi connectivity index (χ0n) is 9.01. The first-order valence-corrected chi connectivity index (χ1v) is 4.58. The molecule has 0 atom stereocenters. The molecule has 16 heavy (non-hydrogen) atoms. The summed E-state index contributed by atoms with van der Waals surface area (Å²) in [4.78, 5) is 17.6. The number of anilines is 1. The van der Waals surface area contributed by atoms with Crippen LogP contribution in [0.1, 0.15) is 12.6 Å². The molecule has 7 heteroatoms. The van der Waals surface area contributed by atoms with Crippen molar-refractivity contribution in [3.05, 3.63) is 28.0 Å². The largest absolute Gasteiger partial charge is 0.468 e. The summed E-state index contributed by atoms with van der Waals surface area (Å²) in [5, 5.41) is 10.8. The summed E-state index contributed by atoms with van der Waals surface area (Å²) in [6, 6.07) is 0. The van der Waals surface area contributed by atoms with Crippen LogP contribution in [0.3, 0.4) is 0 Å². The van der Waals surface area contributed by atoms with Crippen LogP contribution in [-0.4, -0.2) is 21.5 Å². The molecule has 0 bridgehead atoms. The lowest BCUT2D eigenvalue weighted by molar-refractivity contribution is -0.387. The number of rotatable bonds is 4. The number of ether oxygens (including phenoxy) is 1. The lowest BCUT2D eigenvalue weighted by atomic mass is 10.3. The van der Waals surface area contributed by atoms with Crippen LogP contribution >= 0.6 is 0 Å². The Morgan fingerprint density at radius 2 is 2.25 bits per heavy atom. The average molecular weight is 224 g/mol. The van der Waals surface area contributed by atoms with Crippen LogP contribution < -0.4 is 10.5 Å². The van der Waals surface area contributed by atoms with Crippen molar-refractivity contribution in [3.8, 4) is 5.88 Å². The third-order valence-corrected chi connectivity index (χ3v) is 1.78. The molecule has 0 unspecified atom stereocenters. The predicted octanol–water partition coefficient (Wildman–Crippen LogP) is 1.23. The molecule has 0 spiro atoms. The molecule has 0 radical (unpaired) electrons. The Balaban J connectivity index is 3.08. The molecule has 0 aliphatic rings. The lowest BCUT2D eigenvalue weighted by Gasteiger charge is -2.05. The van der Waals surface area contributed by atoms with Gasteiger partial charge in [0.15, 0.2) is 0 Å². The molecule has 0 fully saturated rings. The summed E-state index contributed by atoms with van der Waals surface area (Å²) in [5.41, 5.74) is 5.33. The number of nitro groups is 1. The highest BCUT2D eigenvalue weighted by Gasteiger charge is 2.22. The average Bonchev–Trinajstić information content (AvgIpc) is 2.16. The number of allylic oxidation sites excluding steroid dienone is 1. The van der Waals surface area contributed by atoms with Crippen molar-refractivity contribution < 1.29 is 9.66 Å². The minimum absolute atomic E-state index is 0.0430. The summed E-state index contributed by atoms with van der Waals surface area (Å²) in [6.07, 6.45) is 3.47. The fraction of sp³-hybridized carbons (Fsp3) is 0.333. The number of hydrogen-bond donors (Lipinski definition) is 1. The van der Waals surface area contributed by atoms with Crippen molar-refractivity contribution in [2.45, 2.75) is 13.8 Å². The quantitative estimate of drug-likeness (QED) is 0.468. The van der Waals surface area contributed by atoms with Crippen LogP contribution in [0.15, 0.2) is 12.2 Å². The fourth-order valence-corrected chi connectivity index (χ4v) is 1.10. The summed E-state index contributed by atoms with van der Waals surface area (Å²) < 4.78 is 5.14. The zero-order chi connectivity index (χ0) is 12.1. The number of nitrogen functional groups attached to an aromatic ring is 1. The van der Waals surface area contributed by atoms with E-state index in [1.54, 1.807) is 12.2 Å². The van der Waals surface area contributed by atoms with Crippen LogP contribution in [0, 0.1) is 17.0 Å². The molecule has 1 aromatic heterocycles. The van der Waals surface area contributed by atoms with E-state index in [1.165, 1.54) is 6.92 Å². The van der Waals surface area contributed by atoms with Crippen LogP contribution in [-0.2, 0) is 0 Å². The van der Waals surface area contributed by atoms with Crippen LogP contribution in [0.5, 0.6) is 5.88 Å². The summed E-state index contributed by atoms with van der Waals surface area (Å²) in [7, 11) is 0. The second-order valence-electron chi connectivity index (χ2n) is 2.96. The van der Waals surface area contributed by atoms with Gasteiger partial charge in [0.05, 0.1) is 4.92 Å². The molecule has 86 valence electrons. The van der Waals surface area contributed by atoms with Gasteiger partial charge in [-0.3, -0.25) is 10.1 Å². The number of aryl methyl sites for hydroxylation is 1. The first-order chi connectivity index (χ1) is 7.56. The third kappa shape index (κ3) is 2.66. The van der Waals surface area contributed by atoms with E-state index in [0.29, 0.717) is 0 Å². The van der Waals surface area contributed by atoms with Crippen molar-refractivity contribution in [3.63, 3.8) is 0 Å². The molecule has 2 N–H and O–H groups in total. The Bertz CT molecular complexity index is 431. The van der Waals surface area contributed by atoms with E-state index in [2.05, 4.69) is 9.97 Å². The van der Waals surface area contributed by atoms with E-state index in [-0.39, 0.29) is 29.8 Å². The monoisotopic (exact) mass is 224 g/mol. The van der Waals surface area contributed by atoms with E-state index in [0.717, 1.165) is 0 Å². The Hall–Kier alpha value is -2.18. The van der Waals surface area contributed by atoms with Gasteiger partial charge < -0.3 is 10.5 Å². The van der Waals surface area contributed by atoms with Gasteiger partial charge in [-0.25, -0.2) is 4.98 Å². The molecule has 0 aliphatic carbocycles. The van der Waals surface area contributed by atoms with Gasteiger partial charge in [0.25, 0.3) is 5.88 Å². The Morgan fingerprint density at radius 3 is 2.81 bits per heavy atom. The molecule has 0 saturated heterocycles. The van der Waals surface area contributed by atoms with Gasteiger partial charge in [-0.05, 0) is 13.8 Å². The van der Waals surface area contributed by atoms with Crippen molar-refractivity contribution in [2.75, 3.05) is 12.3 Å². The minimum atomic E-state index is -0.584. The van der Waals surface area contributed by atoms with Crippen molar-refractivity contribution in [1.82, 2.24) is 9.97 Å². The van der Waals surface area contributed by atoms with E-state index in [9.17, 15) is 10.1 Å². The molecule has 0 amide bonds. The smallest absolute Gasteiger partial charge is 0.352 e. The maximum atomic E-state index is 10.8. The first-order valence-electron chi connectivity index (χ1n) is 4.58. The van der Waals surface area contributed by atoms with Crippen LogP contribution in [0.2, 0.25) is 0 Å². The Morgan fingerprint density at radius 1 is 1.56 bits per heavy atom. The lowest BCUT2D eigenvalue weighted by Crippen LogP contribution is -2.07. The Labute approximate surface area is 92.1 Å². The molecule has 0 aromatic carbocycles. The van der Waals surface area contributed by atoms with Gasteiger partial charge in [0, 0.05) is 0 Å². The third-order valence-electron chi connectivity index (χ3n) is 1.78. The van der Waals surface area contributed by atoms with Gasteiger partial charge in [-0.2, -0.15) is 4.98 Å². The maximum absolute atomic E-state index is 10.8. The molecule has 1 rings (SSSR count). The highest BCUT2D eigenvalue weighted by molar-refractivity contribution is 5.47. The number of hydrogen-bond acceptors (Lipinski definition) is 6. The number of nitrogens with zero attached hydrogens (tertiary/aromatic N) is 3. The SMILES string of the molecule is C/C=C/COc1nc(N)nc(C)c1[N+](=O)[O-]. The van der Waals surface area contributed by atoms with Gasteiger partial charge in [0.1, 0.15) is 12.3 Å². The maximum Gasteiger partial charge on any atom is 0.352 e. The van der Waals surface area contributed by atoms with E-state index in [4.69, 9.17) is 10.5 Å². The van der Waals surface area contributed by atoms with E-state index < -0.39 is 4.92 Å². The topological polar surface area (TPSA) is 104 Å². The second-order valence-corrected chi connectivity index (χ2v) is 2.96. The molecule has 0 aliphatic heterocycles. The highest BCUT2D eigenvalue weighted by Crippen LogP contribution is 2.27. The Kier molecular flexibility index (Phi) is 3.76. The molecule has 0 saturated carbocycles. The summed E-state index contributed by atoms with van der Waals surface area (Å²) >= 11 is 0. The highest BCUT2D eigenvalue weighted by atomic mass is 16.6. The number of nitrogens with two attached hydrogens (primary N) is 1. The van der Waals surface area contributed by atoms with Gasteiger partial charge in [-0.15, -0.1) is 0 Å². The molecule has 1 heterocycles. The van der Waals surface area contributed by atoms with Crippen molar-refractivity contribution in [1.29, 1.82) is 0 Å². The molecule has 1 aromatic rings. The minimum Gasteiger partial charge on any atom is -0.468 e. The first kappa shape index (κ1) is 11.9. The molecular weight excluding hydrogens is 212 g/mol. The van der Waals surface area contributed by atoms with Crippen LogP contribution in [0.4, 0.5) is 11.6 Å². The molecular formula is C9H12N4O3. The van der Waals surface area contributed by atoms with Gasteiger partial charge in [-0.1, -0.05) is 12.2 Å². The van der Waals surface area contributed by atoms with Gasteiger partial charge >= 0.3 is 5.69 Å². The summed E-state index contributed by atoms with van der Waals surface area (Å²) in [6.45, 7) is 3.50. The van der Waals surface area contributed by atoms with Gasteiger partial charge in [0.2, 0.25) is 5.95 Å².